The van der Waals surface area contributed by atoms with Crippen LogP contribution in [0.25, 0.3) is 0 Å². The summed E-state index contributed by atoms with van der Waals surface area (Å²) in [6, 6.07) is 7.38. The molecule has 0 heterocycles. The maximum Gasteiger partial charge on any atom is 0.306 e. The van der Waals surface area contributed by atoms with Crippen LogP contribution in [0, 0.1) is 25.5 Å². The van der Waals surface area contributed by atoms with E-state index in [1.807, 2.05) is 19.9 Å². The number of rotatable bonds is 7. The van der Waals surface area contributed by atoms with E-state index in [0.717, 1.165) is 23.3 Å². The van der Waals surface area contributed by atoms with Gasteiger partial charge in [0, 0.05) is 24.1 Å². The van der Waals surface area contributed by atoms with E-state index in [-0.39, 0.29) is 43.0 Å². The predicted octanol–water partition coefficient (Wildman–Crippen LogP) is 4.01. The molecule has 6 heteroatoms. The van der Waals surface area contributed by atoms with Crippen LogP contribution in [0.4, 0.5) is 8.78 Å². The molecule has 0 aromatic heterocycles. The van der Waals surface area contributed by atoms with Gasteiger partial charge in [-0.05, 0) is 62.1 Å². The van der Waals surface area contributed by atoms with Crippen LogP contribution in [0.3, 0.4) is 0 Å². The van der Waals surface area contributed by atoms with E-state index in [0.29, 0.717) is 5.56 Å². The Morgan fingerprint density at radius 1 is 1.04 bits per heavy atom. The molecule has 0 aliphatic carbocycles. The fraction of sp³-hybridized carbons (Fsp3) is 0.333. The summed E-state index contributed by atoms with van der Waals surface area (Å²) in [4.78, 5) is 24.0. The Morgan fingerprint density at radius 3 is 2.37 bits per heavy atom. The molecule has 0 spiro atoms. The zero-order valence-corrected chi connectivity index (χ0v) is 15.7. The van der Waals surface area contributed by atoms with Gasteiger partial charge < -0.3 is 10.1 Å². The van der Waals surface area contributed by atoms with Crippen LogP contribution in [-0.4, -0.2) is 18.5 Å². The Balaban J connectivity index is 2.17. The van der Waals surface area contributed by atoms with Crippen molar-refractivity contribution in [2.24, 2.45) is 0 Å². The molecule has 0 atom stereocenters. The summed E-state index contributed by atoms with van der Waals surface area (Å²) in [5.41, 5.74) is 2.40. The SMILES string of the molecule is CCOC(=O)CCc1c(F)ccc(F)c1CNC(=O)c1cccc(C)c1C. The quantitative estimate of drug-likeness (QED) is 0.744. The lowest BCUT2D eigenvalue weighted by Gasteiger charge is -2.14. The Kier molecular flexibility index (Phi) is 7.05. The van der Waals surface area contributed by atoms with Crippen LogP contribution in [-0.2, 0) is 22.5 Å². The van der Waals surface area contributed by atoms with Crippen molar-refractivity contribution in [2.45, 2.75) is 40.2 Å². The lowest BCUT2D eigenvalue weighted by molar-refractivity contribution is -0.143. The molecule has 27 heavy (non-hydrogen) atoms. The molecular formula is C21H23F2NO3. The number of esters is 1. The smallest absolute Gasteiger partial charge is 0.306 e. The van der Waals surface area contributed by atoms with Gasteiger partial charge in [0.05, 0.1) is 6.61 Å². The molecule has 0 unspecified atom stereocenters. The number of ether oxygens (including phenoxy) is 1. The molecule has 144 valence electrons. The van der Waals surface area contributed by atoms with Gasteiger partial charge in [-0.1, -0.05) is 12.1 Å². The number of carbonyl (C=O) groups excluding carboxylic acids is 2. The van der Waals surface area contributed by atoms with E-state index >= 15 is 0 Å². The molecule has 0 saturated heterocycles. The van der Waals surface area contributed by atoms with Gasteiger partial charge >= 0.3 is 5.97 Å². The van der Waals surface area contributed by atoms with Gasteiger partial charge in [-0.2, -0.15) is 0 Å². The maximum absolute atomic E-state index is 14.3. The Hall–Kier alpha value is -2.76. The second-order valence-electron chi connectivity index (χ2n) is 6.22. The molecule has 0 fully saturated rings. The molecule has 1 N–H and O–H groups in total. The number of hydrogen-bond acceptors (Lipinski definition) is 3. The summed E-state index contributed by atoms with van der Waals surface area (Å²) in [5, 5.41) is 2.64. The average Bonchev–Trinajstić information content (AvgIpc) is 2.63. The van der Waals surface area contributed by atoms with Crippen LogP contribution in [0.5, 0.6) is 0 Å². The van der Waals surface area contributed by atoms with Crippen LogP contribution in [0.15, 0.2) is 30.3 Å². The highest BCUT2D eigenvalue weighted by atomic mass is 19.1. The van der Waals surface area contributed by atoms with Crippen molar-refractivity contribution in [1.82, 2.24) is 5.32 Å². The average molecular weight is 375 g/mol. The van der Waals surface area contributed by atoms with Crippen molar-refractivity contribution in [3.05, 3.63) is 69.8 Å². The third kappa shape index (κ3) is 5.12. The number of nitrogens with one attached hydrogen (secondary N) is 1. The number of hydrogen-bond donors (Lipinski definition) is 1. The molecule has 0 radical (unpaired) electrons. The molecule has 2 aromatic rings. The Bertz CT molecular complexity index is 850. The van der Waals surface area contributed by atoms with Crippen LogP contribution in [0.1, 0.15) is 46.0 Å². The molecule has 0 saturated carbocycles. The fourth-order valence-corrected chi connectivity index (χ4v) is 2.82. The number of carbonyl (C=O) groups is 2. The van der Waals surface area contributed by atoms with Crippen LogP contribution >= 0.6 is 0 Å². The molecule has 0 aliphatic heterocycles. The van der Waals surface area contributed by atoms with Gasteiger partial charge in [0.25, 0.3) is 5.91 Å². The number of benzene rings is 2. The third-order valence-electron chi connectivity index (χ3n) is 4.48. The lowest BCUT2D eigenvalue weighted by atomic mass is 10.0. The molecule has 0 aliphatic rings. The van der Waals surface area contributed by atoms with Gasteiger partial charge in [0.1, 0.15) is 11.6 Å². The van der Waals surface area contributed by atoms with E-state index in [1.54, 1.807) is 19.1 Å². The molecule has 2 rings (SSSR count). The summed E-state index contributed by atoms with van der Waals surface area (Å²) < 4.78 is 33.3. The highest BCUT2D eigenvalue weighted by Gasteiger charge is 2.17. The third-order valence-corrected chi connectivity index (χ3v) is 4.48. The predicted molar refractivity (Wildman–Crippen MR) is 98.4 cm³/mol. The maximum atomic E-state index is 14.3. The van der Waals surface area contributed by atoms with Crippen molar-refractivity contribution >= 4 is 11.9 Å². The largest absolute Gasteiger partial charge is 0.466 e. The molecular weight excluding hydrogens is 352 g/mol. The van der Waals surface area contributed by atoms with Crippen molar-refractivity contribution in [3.63, 3.8) is 0 Å². The fourth-order valence-electron chi connectivity index (χ4n) is 2.82. The first-order valence-corrected chi connectivity index (χ1v) is 8.81. The Morgan fingerprint density at radius 2 is 1.70 bits per heavy atom. The normalized spacial score (nSPS) is 10.6. The lowest BCUT2D eigenvalue weighted by Crippen LogP contribution is -2.25. The van der Waals surface area contributed by atoms with Gasteiger partial charge in [-0.25, -0.2) is 8.78 Å². The van der Waals surface area contributed by atoms with Crippen LogP contribution < -0.4 is 5.32 Å². The minimum absolute atomic E-state index is 0.00287. The van der Waals surface area contributed by atoms with Crippen molar-refractivity contribution in [3.8, 4) is 0 Å². The van der Waals surface area contributed by atoms with Gasteiger partial charge in [0.15, 0.2) is 0 Å². The topological polar surface area (TPSA) is 55.4 Å². The van der Waals surface area contributed by atoms with E-state index < -0.39 is 17.6 Å². The standard InChI is InChI=1S/C21H23F2NO3/c1-4-27-20(25)11-8-16-17(19(23)10-9-18(16)22)12-24-21(26)15-7-5-6-13(2)14(15)3/h5-7,9-10H,4,8,11-12H2,1-3H3,(H,24,26). The van der Waals surface area contributed by atoms with E-state index in [1.165, 1.54) is 0 Å². The van der Waals surface area contributed by atoms with Crippen molar-refractivity contribution < 1.29 is 23.1 Å². The van der Waals surface area contributed by atoms with Crippen LogP contribution in [0.2, 0.25) is 0 Å². The first-order valence-electron chi connectivity index (χ1n) is 8.81. The summed E-state index contributed by atoms with van der Waals surface area (Å²) in [6.45, 7) is 5.45. The minimum Gasteiger partial charge on any atom is -0.466 e. The monoisotopic (exact) mass is 375 g/mol. The second-order valence-corrected chi connectivity index (χ2v) is 6.22. The van der Waals surface area contributed by atoms with E-state index in [9.17, 15) is 18.4 Å². The van der Waals surface area contributed by atoms with Gasteiger partial charge in [-0.3, -0.25) is 9.59 Å². The zero-order chi connectivity index (χ0) is 20.0. The summed E-state index contributed by atoms with van der Waals surface area (Å²) in [7, 11) is 0. The highest BCUT2D eigenvalue weighted by Crippen LogP contribution is 2.20. The molecule has 1 amide bonds. The first-order chi connectivity index (χ1) is 12.8. The van der Waals surface area contributed by atoms with Crippen molar-refractivity contribution in [1.29, 1.82) is 0 Å². The minimum atomic E-state index is -0.628. The number of aryl methyl sites for hydroxylation is 1. The van der Waals surface area contributed by atoms with Gasteiger partial charge in [-0.15, -0.1) is 0 Å². The molecule has 4 nitrogen and oxygen atoms in total. The highest BCUT2D eigenvalue weighted by molar-refractivity contribution is 5.95. The number of amides is 1. The second kappa shape index (κ2) is 9.26. The summed E-state index contributed by atoms with van der Waals surface area (Å²) in [5.74, 6) is -2.09. The Labute approximate surface area is 157 Å². The summed E-state index contributed by atoms with van der Waals surface area (Å²) in [6.07, 6.45) is -0.0662. The zero-order valence-electron chi connectivity index (χ0n) is 15.7. The van der Waals surface area contributed by atoms with E-state index in [2.05, 4.69) is 5.32 Å². The molecule has 2 aromatic carbocycles. The number of halogens is 2. The van der Waals surface area contributed by atoms with E-state index in [4.69, 9.17) is 4.74 Å². The molecule has 0 bridgehead atoms. The van der Waals surface area contributed by atoms with Crippen molar-refractivity contribution in [2.75, 3.05) is 6.61 Å². The van der Waals surface area contributed by atoms with Gasteiger partial charge in [0.2, 0.25) is 0 Å². The first kappa shape index (κ1) is 20.6. The summed E-state index contributed by atoms with van der Waals surface area (Å²) >= 11 is 0.